The number of nitrogens with zero attached hydrogens (tertiary/aromatic N) is 3. The molecule has 1 aliphatic rings. The number of nitriles is 2. The van der Waals surface area contributed by atoms with Gasteiger partial charge >= 0.3 is 5.97 Å². The number of hydrogen-bond donors (Lipinski definition) is 0. The van der Waals surface area contributed by atoms with Crippen molar-refractivity contribution in [2.75, 3.05) is 19.7 Å². The van der Waals surface area contributed by atoms with Crippen LogP contribution in [0, 0.1) is 28.1 Å². The van der Waals surface area contributed by atoms with E-state index in [2.05, 4.69) is 0 Å². The molecule has 0 heterocycles. The Bertz CT molecular complexity index is 492. The first kappa shape index (κ1) is 17.6. The summed E-state index contributed by atoms with van der Waals surface area (Å²) in [6.07, 6.45) is 0.577. The summed E-state index contributed by atoms with van der Waals surface area (Å²) in [7, 11) is 0. The Morgan fingerprint density at radius 3 is 2.10 bits per heavy atom. The smallest absolute Gasteiger partial charge is 0.315 e. The van der Waals surface area contributed by atoms with Crippen LogP contribution < -0.4 is 0 Å². The van der Waals surface area contributed by atoms with Crippen molar-refractivity contribution in [1.82, 2.24) is 4.90 Å². The number of esters is 1. The summed E-state index contributed by atoms with van der Waals surface area (Å²) in [6.45, 7) is 1.51. The first-order valence-corrected chi connectivity index (χ1v) is 7.11. The number of carbonyl (C=O) groups is 2. The number of ether oxygens (including phenoxy) is 1. The second-order valence-corrected chi connectivity index (χ2v) is 6.47. The molecule has 1 saturated carbocycles. The number of amides is 1. The van der Waals surface area contributed by atoms with E-state index in [4.69, 9.17) is 38.5 Å². The Morgan fingerprint density at radius 2 is 1.71 bits per heavy atom. The number of carbonyl (C=O) groups excluding carboxylic acids is 2. The van der Waals surface area contributed by atoms with Gasteiger partial charge in [0, 0.05) is 19.5 Å². The molecule has 1 rings (SSSR count). The van der Waals surface area contributed by atoms with E-state index in [9.17, 15) is 9.59 Å². The van der Waals surface area contributed by atoms with Crippen LogP contribution in [0.5, 0.6) is 0 Å². The summed E-state index contributed by atoms with van der Waals surface area (Å²) in [5.74, 6) is -1.07. The normalized spacial score (nSPS) is 21.8. The van der Waals surface area contributed by atoms with Crippen molar-refractivity contribution in [3.63, 3.8) is 0 Å². The highest BCUT2D eigenvalue weighted by Gasteiger charge is 2.69. The molecular formula is C13H15Cl2N3O3. The highest BCUT2D eigenvalue weighted by Crippen LogP contribution is 2.64. The van der Waals surface area contributed by atoms with Crippen LogP contribution in [-0.2, 0) is 14.3 Å². The maximum Gasteiger partial charge on any atom is 0.315 e. The van der Waals surface area contributed by atoms with Crippen LogP contribution in [0.15, 0.2) is 0 Å². The predicted molar refractivity (Wildman–Crippen MR) is 75.2 cm³/mol. The Kier molecular flexibility index (Phi) is 5.83. The molecule has 1 unspecified atom stereocenters. The van der Waals surface area contributed by atoms with E-state index in [0.717, 1.165) is 0 Å². The Hall–Kier alpha value is -1.50. The highest BCUT2D eigenvalue weighted by atomic mass is 35.5. The van der Waals surface area contributed by atoms with Crippen molar-refractivity contribution < 1.29 is 14.3 Å². The lowest BCUT2D eigenvalue weighted by Crippen LogP contribution is -2.37. The van der Waals surface area contributed by atoms with Gasteiger partial charge in [0.2, 0.25) is 0 Å². The lowest BCUT2D eigenvalue weighted by molar-refractivity contribution is -0.156. The minimum absolute atomic E-state index is 0.148. The number of alkyl halides is 2. The van der Waals surface area contributed by atoms with Crippen LogP contribution in [0.4, 0.5) is 0 Å². The van der Waals surface area contributed by atoms with Gasteiger partial charge in [0.1, 0.15) is 9.75 Å². The maximum atomic E-state index is 11.9. The predicted octanol–water partition coefficient (Wildman–Crippen LogP) is 1.77. The highest BCUT2D eigenvalue weighted by molar-refractivity contribution is 6.53. The Labute approximate surface area is 133 Å². The lowest BCUT2D eigenvalue weighted by Gasteiger charge is -2.20. The van der Waals surface area contributed by atoms with Crippen LogP contribution in [0.1, 0.15) is 26.2 Å². The fourth-order valence-electron chi connectivity index (χ4n) is 1.73. The van der Waals surface area contributed by atoms with E-state index in [1.807, 2.05) is 12.1 Å². The van der Waals surface area contributed by atoms with Crippen molar-refractivity contribution >= 4 is 35.1 Å². The standard InChI is InChI=1S/C13H15Cl2N3O3/c1-12(9-13(12,14)15)11(20)21-8-10(19)18(6-2-4-16)7-3-5-17/h2-3,6-9H2,1H3. The molecule has 1 aliphatic carbocycles. The molecule has 1 amide bonds. The van der Waals surface area contributed by atoms with E-state index in [-0.39, 0.29) is 32.4 Å². The van der Waals surface area contributed by atoms with Crippen molar-refractivity contribution in [3.8, 4) is 12.1 Å². The molecule has 0 aromatic heterocycles. The van der Waals surface area contributed by atoms with E-state index < -0.39 is 28.2 Å². The van der Waals surface area contributed by atoms with Gasteiger partial charge in [0.15, 0.2) is 6.61 Å². The van der Waals surface area contributed by atoms with Gasteiger partial charge < -0.3 is 9.64 Å². The molecule has 1 fully saturated rings. The van der Waals surface area contributed by atoms with Crippen LogP contribution >= 0.6 is 23.2 Å². The van der Waals surface area contributed by atoms with Crippen LogP contribution in [0.2, 0.25) is 0 Å². The van der Waals surface area contributed by atoms with E-state index in [1.54, 1.807) is 6.92 Å². The Morgan fingerprint density at radius 1 is 1.24 bits per heavy atom. The molecule has 0 aliphatic heterocycles. The number of halogens is 2. The van der Waals surface area contributed by atoms with Gasteiger partial charge in [-0.1, -0.05) is 0 Å². The van der Waals surface area contributed by atoms with Crippen molar-refractivity contribution in [2.24, 2.45) is 5.41 Å². The third-order valence-corrected chi connectivity index (χ3v) is 4.48. The van der Waals surface area contributed by atoms with Crippen LogP contribution in [0.3, 0.4) is 0 Å². The van der Waals surface area contributed by atoms with Gasteiger partial charge in [-0.05, 0) is 6.92 Å². The molecule has 21 heavy (non-hydrogen) atoms. The Balaban J connectivity index is 2.48. The third-order valence-electron chi connectivity index (χ3n) is 3.37. The molecule has 0 aromatic rings. The lowest BCUT2D eigenvalue weighted by atomic mass is 10.1. The molecular weight excluding hydrogens is 317 g/mol. The molecule has 0 N–H and O–H groups in total. The largest absolute Gasteiger partial charge is 0.455 e. The number of rotatable bonds is 7. The average Bonchev–Trinajstić information content (AvgIpc) is 2.96. The SMILES string of the molecule is CC1(C(=O)OCC(=O)N(CCC#N)CCC#N)CC1(Cl)Cl. The van der Waals surface area contributed by atoms with Gasteiger partial charge in [0.05, 0.1) is 25.0 Å². The molecule has 0 aromatic carbocycles. The number of hydrogen-bond acceptors (Lipinski definition) is 5. The summed E-state index contributed by atoms with van der Waals surface area (Å²) in [4.78, 5) is 25.1. The molecule has 8 heteroatoms. The van der Waals surface area contributed by atoms with Crippen molar-refractivity contribution in [3.05, 3.63) is 0 Å². The van der Waals surface area contributed by atoms with Crippen molar-refractivity contribution in [2.45, 2.75) is 30.5 Å². The zero-order chi connectivity index (χ0) is 16.1. The molecule has 114 valence electrons. The van der Waals surface area contributed by atoms with Gasteiger partial charge in [-0.25, -0.2) is 0 Å². The fraction of sp³-hybridized carbons (Fsp3) is 0.692. The van der Waals surface area contributed by atoms with Gasteiger partial charge in [-0.3, -0.25) is 9.59 Å². The summed E-state index contributed by atoms with van der Waals surface area (Å²) in [5, 5.41) is 17.1. The van der Waals surface area contributed by atoms with Gasteiger partial charge in [-0.15, -0.1) is 23.2 Å². The first-order chi connectivity index (χ1) is 9.78. The summed E-state index contributed by atoms with van der Waals surface area (Å²) in [5.41, 5.74) is -0.986. The quantitative estimate of drug-likeness (QED) is 0.523. The molecule has 6 nitrogen and oxygen atoms in total. The molecule has 0 spiro atoms. The molecule has 0 radical (unpaired) electrons. The fourth-order valence-corrected chi connectivity index (χ4v) is 2.42. The van der Waals surface area contributed by atoms with Crippen molar-refractivity contribution in [1.29, 1.82) is 10.5 Å². The van der Waals surface area contributed by atoms with E-state index >= 15 is 0 Å². The van der Waals surface area contributed by atoms with Gasteiger partial charge in [-0.2, -0.15) is 10.5 Å². The molecule has 1 atom stereocenters. The zero-order valence-corrected chi connectivity index (χ0v) is 13.1. The zero-order valence-electron chi connectivity index (χ0n) is 11.6. The topological polar surface area (TPSA) is 94.2 Å². The van der Waals surface area contributed by atoms with Crippen LogP contribution in [0.25, 0.3) is 0 Å². The van der Waals surface area contributed by atoms with Gasteiger partial charge in [0.25, 0.3) is 5.91 Å². The maximum absolute atomic E-state index is 11.9. The minimum atomic E-state index is -1.14. The van der Waals surface area contributed by atoms with Crippen LogP contribution in [-0.4, -0.2) is 40.8 Å². The van der Waals surface area contributed by atoms with E-state index in [1.165, 1.54) is 4.90 Å². The monoisotopic (exact) mass is 331 g/mol. The third kappa shape index (κ3) is 4.23. The summed E-state index contributed by atoms with van der Waals surface area (Å²) >= 11 is 11.7. The molecule has 0 bridgehead atoms. The summed E-state index contributed by atoms with van der Waals surface area (Å²) < 4.78 is 3.80. The second kappa shape index (κ2) is 6.98. The average molecular weight is 332 g/mol. The minimum Gasteiger partial charge on any atom is -0.455 e. The van der Waals surface area contributed by atoms with E-state index in [0.29, 0.717) is 0 Å². The molecule has 0 saturated heterocycles. The second-order valence-electron chi connectivity index (χ2n) is 4.99. The first-order valence-electron chi connectivity index (χ1n) is 6.35. The summed E-state index contributed by atoms with van der Waals surface area (Å²) in [6, 6.07) is 3.84.